The van der Waals surface area contributed by atoms with Crippen LogP contribution in [0.4, 0.5) is 10.7 Å². The van der Waals surface area contributed by atoms with Crippen molar-refractivity contribution in [2.45, 2.75) is 58.2 Å². The Balaban J connectivity index is 1.54. The zero-order chi connectivity index (χ0) is 22.2. The maximum atomic E-state index is 12.7. The number of aromatic nitrogens is 4. The van der Waals surface area contributed by atoms with Crippen molar-refractivity contribution in [1.82, 2.24) is 25.1 Å². The summed E-state index contributed by atoms with van der Waals surface area (Å²) in [5.41, 5.74) is 0.612. The number of nitrogens with zero attached hydrogens (tertiary/aromatic N) is 4. The quantitative estimate of drug-likeness (QED) is 0.670. The van der Waals surface area contributed by atoms with E-state index in [-0.39, 0.29) is 17.6 Å². The summed E-state index contributed by atoms with van der Waals surface area (Å²) >= 11 is 0. The molecular weight excluding hydrogens is 396 g/mol. The van der Waals surface area contributed by atoms with E-state index in [1.54, 1.807) is 10.9 Å². The highest BCUT2D eigenvalue weighted by Crippen LogP contribution is 2.23. The summed E-state index contributed by atoms with van der Waals surface area (Å²) < 4.78 is 7.04. The Morgan fingerprint density at radius 1 is 1.26 bits per heavy atom. The average Bonchev–Trinajstić information content (AvgIpc) is 3.12. The fourth-order valence-electron chi connectivity index (χ4n) is 3.89. The number of nitrogens with one attached hydrogen (secondary N) is 2. The Bertz CT molecular complexity index is 1130. The molecule has 2 atom stereocenters. The van der Waals surface area contributed by atoms with Crippen molar-refractivity contribution in [3.8, 4) is 5.69 Å². The van der Waals surface area contributed by atoms with Crippen LogP contribution in [0.15, 0.2) is 41.3 Å². The van der Waals surface area contributed by atoms with Gasteiger partial charge in [-0.25, -0.2) is 9.48 Å². The zero-order valence-corrected chi connectivity index (χ0v) is 18.3. The van der Waals surface area contributed by atoms with E-state index < -0.39 is 11.7 Å². The Kier molecular flexibility index (Phi) is 5.43. The largest absolute Gasteiger partial charge is 0.444 e. The number of carbonyl (C=O) groups is 1. The molecule has 31 heavy (non-hydrogen) atoms. The second-order valence-electron chi connectivity index (χ2n) is 8.93. The van der Waals surface area contributed by atoms with Crippen molar-refractivity contribution in [1.29, 1.82) is 0 Å². The third-order valence-electron chi connectivity index (χ3n) is 5.30. The van der Waals surface area contributed by atoms with Gasteiger partial charge in [0.05, 0.1) is 11.9 Å². The van der Waals surface area contributed by atoms with Gasteiger partial charge in [-0.15, -0.1) is 0 Å². The van der Waals surface area contributed by atoms with Crippen LogP contribution >= 0.6 is 0 Å². The molecule has 1 aromatic carbocycles. The molecule has 0 spiro atoms. The minimum Gasteiger partial charge on any atom is -0.444 e. The minimum absolute atomic E-state index is 0.00593. The molecule has 0 bridgehead atoms. The van der Waals surface area contributed by atoms with Crippen molar-refractivity contribution in [3.05, 3.63) is 46.9 Å². The number of hydrogen-bond donors (Lipinski definition) is 2. The van der Waals surface area contributed by atoms with E-state index in [2.05, 4.69) is 27.2 Å². The van der Waals surface area contributed by atoms with E-state index in [1.807, 2.05) is 51.1 Å². The fourth-order valence-corrected chi connectivity index (χ4v) is 3.89. The molecule has 3 heterocycles. The Hall–Kier alpha value is -3.36. The second kappa shape index (κ2) is 8.05. The summed E-state index contributed by atoms with van der Waals surface area (Å²) in [5.74, 6) is 0.512. The highest BCUT2D eigenvalue weighted by atomic mass is 16.6. The summed E-state index contributed by atoms with van der Waals surface area (Å²) in [5, 5.41) is 7.76. The lowest BCUT2D eigenvalue weighted by atomic mass is 9.99. The van der Waals surface area contributed by atoms with Gasteiger partial charge in [0.2, 0.25) is 5.95 Å². The van der Waals surface area contributed by atoms with Crippen LogP contribution in [0.2, 0.25) is 0 Å². The molecule has 2 N–H and O–H groups in total. The number of aromatic amines is 1. The first kappa shape index (κ1) is 20.9. The van der Waals surface area contributed by atoms with Gasteiger partial charge in [-0.2, -0.15) is 10.1 Å². The normalized spacial score (nSPS) is 19.4. The lowest BCUT2D eigenvalue weighted by molar-refractivity contribution is 0.0494. The van der Waals surface area contributed by atoms with Gasteiger partial charge in [0.15, 0.2) is 5.65 Å². The average molecular weight is 425 g/mol. The number of fused-ring (bicyclic) bond motifs is 1. The Morgan fingerprint density at radius 3 is 2.68 bits per heavy atom. The topological polar surface area (TPSA) is 105 Å². The smallest absolute Gasteiger partial charge is 0.407 e. The van der Waals surface area contributed by atoms with Gasteiger partial charge in [-0.3, -0.25) is 9.78 Å². The third kappa shape index (κ3) is 4.55. The molecular formula is C22H28N6O3. The number of para-hydroxylation sites is 1. The first-order valence-corrected chi connectivity index (χ1v) is 10.5. The Morgan fingerprint density at radius 2 is 2.00 bits per heavy atom. The highest BCUT2D eigenvalue weighted by Gasteiger charge is 2.29. The summed E-state index contributed by atoms with van der Waals surface area (Å²) in [7, 11) is 0. The molecule has 2 unspecified atom stereocenters. The van der Waals surface area contributed by atoms with Crippen molar-refractivity contribution < 1.29 is 9.53 Å². The maximum Gasteiger partial charge on any atom is 0.407 e. The van der Waals surface area contributed by atoms with Gasteiger partial charge < -0.3 is 15.0 Å². The summed E-state index contributed by atoms with van der Waals surface area (Å²) in [6.07, 6.45) is 2.58. The standard InChI is InChI=1S/C22H28N6O3/c1-14-12-15(24-21(30)31-22(2,3)4)10-11-27(14)20-25-18-17(19(29)26-20)13-23-28(18)16-8-6-5-7-9-16/h5-9,13-15H,10-12H2,1-4H3,(H,24,30)(H,25,26,29). The summed E-state index contributed by atoms with van der Waals surface area (Å²) in [6.45, 7) is 8.24. The zero-order valence-electron chi connectivity index (χ0n) is 18.3. The number of hydrogen-bond acceptors (Lipinski definition) is 6. The SMILES string of the molecule is CC1CC(NC(=O)OC(C)(C)C)CCN1c1nc2c(cnn2-c2ccccc2)c(=O)[nH]1. The molecule has 1 amide bonds. The molecule has 1 aliphatic heterocycles. The van der Waals surface area contributed by atoms with E-state index in [9.17, 15) is 9.59 Å². The third-order valence-corrected chi connectivity index (χ3v) is 5.30. The first-order chi connectivity index (χ1) is 14.7. The first-order valence-electron chi connectivity index (χ1n) is 10.5. The van der Waals surface area contributed by atoms with Crippen LogP contribution < -0.4 is 15.8 Å². The lowest BCUT2D eigenvalue weighted by Gasteiger charge is -2.38. The van der Waals surface area contributed by atoms with Crippen molar-refractivity contribution >= 4 is 23.1 Å². The number of H-pyrrole nitrogens is 1. The minimum atomic E-state index is -0.531. The van der Waals surface area contributed by atoms with Crippen LogP contribution in [0.1, 0.15) is 40.5 Å². The van der Waals surface area contributed by atoms with Gasteiger partial charge in [-0.1, -0.05) is 18.2 Å². The number of benzene rings is 1. The monoisotopic (exact) mass is 424 g/mol. The fraction of sp³-hybridized carbons (Fsp3) is 0.455. The number of anilines is 1. The van der Waals surface area contributed by atoms with Crippen LogP contribution in [-0.4, -0.2) is 50.1 Å². The van der Waals surface area contributed by atoms with Crippen LogP contribution in [0, 0.1) is 0 Å². The van der Waals surface area contributed by atoms with Crippen LogP contribution in [0.5, 0.6) is 0 Å². The van der Waals surface area contributed by atoms with Gasteiger partial charge in [0.1, 0.15) is 11.0 Å². The molecule has 4 rings (SSSR count). The van der Waals surface area contributed by atoms with Gasteiger partial charge in [0, 0.05) is 18.6 Å². The molecule has 1 aliphatic rings. The predicted molar refractivity (Wildman–Crippen MR) is 119 cm³/mol. The lowest BCUT2D eigenvalue weighted by Crippen LogP contribution is -2.50. The van der Waals surface area contributed by atoms with Gasteiger partial charge in [0.25, 0.3) is 5.56 Å². The van der Waals surface area contributed by atoms with E-state index in [0.29, 0.717) is 23.5 Å². The molecule has 3 aromatic rings. The molecule has 1 saturated heterocycles. The Labute approximate surface area is 180 Å². The number of alkyl carbamates (subject to hydrolysis) is 1. The number of piperidine rings is 1. The number of amides is 1. The summed E-state index contributed by atoms with van der Waals surface area (Å²) in [6, 6.07) is 9.69. The molecule has 9 heteroatoms. The molecule has 0 saturated carbocycles. The molecule has 164 valence electrons. The molecule has 0 aliphatic carbocycles. The van der Waals surface area contributed by atoms with Crippen LogP contribution in [0.3, 0.4) is 0 Å². The van der Waals surface area contributed by atoms with Gasteiger partial charge >= 0.3 is 6.09 Å². The highest BCUT2D eigenvalue weighted by molar-refractivity contribution is 5.76. The number of carbonyl (C=O) groups excluding carboxylic acids is 1. The molecule has 1 fully saturated rings. The van der Waals surface area contributed by atoms with Crippen molar-refractivity contribution in [2.75, 3.05) is 11.4 Å². The van der Waals surface area contributed by atoms with Crippen molar-refractivity contribution in [2.24, 2.45) is 0 Å². The van der Waals surface area contributed by atoms with Crippen molar-refractivity contribution in [3.63, 3.8) is 0 Å². The van der Waals surface area contributed by atoms with Gasteiger partial charge in [-0.05, 0) is 52.7 Å². The van der Waals surface area contributed by atoms with E-state index in [0.717, 1.165) is 18.5 Å². The van der Waals surface area contributed by atoms with E-state index in [1.165, 1.54) is 0 Å². The molecule has 0 radical (unpaired) electrons. The molecule has 9 nitrogen and oxygen atoms in total. The summed E-state index contributed by atoms with van der Waals surface area (Å²) in [4.78, 5) is 34.5. The number of ether oxygens (including phenoxy) is 1. The molecule has 2 aromatic heterocycles. The maximum absolute atomic E-state index is 12.7. The van der Waals surface area contributed by atoms with E-state index >= 15 is 0 Å². The number of rotatable bonds is 3. The predicted octanol–water partition coefficient (Wildman–Crippen LogP) is 2.99. The van der Waals surface area contributed by atoms with Crippen LogP contribution in [-0.2, 0) is 4.74 Å². The van der Waals surface area contributed by atoms with E-state index in [4.69, 9.17) is 9.72 Å². The van der Waals surface area contributed by atoms with Crippen LogP contribution in [0.25, 0.3) is 16.7 Å². The second-order valence-corrected chi connectivity index (χ2v) is 8.93.